The summed E-state index contributed by atoms with van der Waals surface area (Å²) in [5, 5.41) is 9.11. The van der Waals surface area contributed by atoms with Crippen molar-refractivity contribution in [2.45, 2.75) is 46.8 Å². The number of hydrogen-bond donors (Lipinski definition) is 1. The Kier molecular flexibility index (Phi) is 5.01. The fourth-order valence-corrected chi connectivity index (χ4v) is 2.29. The average Bonchev–Trinajstić information content (AvgIpc) is 2.27. The van der Waals surface area contributed by atoms with Gasteiger partial charge in [0.25, 0.3) is 0 Å². The Labute approximate surface area is 105 Å². The third-order valence-electron chi connectivity index (χ3n) is 3.30. The predicted molar refractivity (Wildman–Crippen MR) is 74.4 cm³/mol. The van der Waals surface area contributed by atoms with E-state index in [2.05, 4.69) is 51.8 Å². The van der Waals surface area contributed by atoms with Gasteiger partial charge in [0.1, 0.15) is 0 Å². The molecule has 1 rings (SSSR count). The van der Waals surface area contributed by atoms with E-state index in [-0.39, 0.29) is 6.61 Å². The first-order valence-corrected chi connectivity index (χ1v) is 6.39. The number of anilines is 1. The Morgan fingerprint density at radius 3 is 2.35 bits per heavy atom. The molecule has 0 spiro atoms. The normalized spacial score (nSPS) is 12.9. The maximum atomic E-state index is 9.11. The van der Waals surface area contributed by atoms with Crippen molar-refractivity contribution < 1.29 is 5.11 Å². The molecule has 2 heteroatoms. The monoisotopic (exact) mass is 235 g/mol. The molecular formula is C15H25NO. The van der Waals surface area contributed by atoms with Crippen molar-refractivity contribution in [3.05, 3.63) is 29.3 Å². The maximum absolute atomic E-state index is 9.11. The molecule has 0 fully saturated rings. The van der Waals surface area contributed by atoms with Crippen LogP contribution in [0.3, 0.4) is 0 Å². The molecule has 0 aromatic heterocycles. The van der Waals surface area contributed by atoms with E-state index in [1.807, 2.05) is 6.07 Å². The van der Waals surface area contributed by atoms with Crippen LogP contribution < -0.4 is 4.90 Å². The van der Waals surface area contributed by atoms with E-state index >= 15 is 0 Å². The van der Waals surface area contributed by atoms with E-state index < -0.39 is 0 Å². The van der Waals surface area contributed by atoms with E-state index in [4.69, 9.17) is 5.11 Å². The van der Waals surface area contributed by atoms with Gasteiger partial charge in [0, 0.05) is 18.8 Å². The molecule has 0 saturated heterocycles. The first-order chi connectivity index (χ1) is 7.95. The second kappa shape index (κ2) is 6.06. The summed E-state index contributed by atoms with van der Waals surface area (Å²) in [4.78, 5) is 2.33. The van der Waals surface area contributed by atoms with Gasteiger partial charge in [0.2, 0.25) is 0 Å². The number of rotatable bonds is 5. The standard InChI is InChI=1S/C15H25NO/c1-11(2)8-13(4)16(5)15-7-6-14(10-17)9-12(15)3/h6-7,9,11,13,17H,8,10H2,1-5H3. The summed E-state index contributed by atoms with van der Waals surface area (Å²) in [5.41, 5.74) is 3.47. The Hall–Kier alpha value is -1.02. The summed E-state index contributed by atoms with van der Waals surface area (Å²) in [6.45, 7) is 9.00. The molecule has 1 aromatic carbocycles. The van der Waals surface area contributed by atoms with Gasteiger partial charge >= 0.3 is 0 Å². The van der Waals surface area contributed by atoms with Crippen LogP contribution >= 0.6 is 0 Å². The largest absolute Gasteiger partial charge is 0.392 e. The van der Waals surface area contributed by atoms with E-state index in [0.717, 1.165) is 5.56 Å². The third kappa shape index (κ3) is 3.74. The van der Waals surface area contributed by atoms with Crippen LogP contribution in [0.5, 0.6) is 0 Å². The summed E-state index contributed by atoms with van der Waals surface area (Å²) >= 11 is 0. The number of nitrogens with zero attached hydrogens (tertiary/aromatic N) is 1. The van der Waals surface area contributed by atoms with E-state index in [9.17, 15) is 0 Å². The van der Waals surface area contributed by atoms with Crippen molar-refractivity contribution >= 4 is 5.69 Å². The average molecular weight is 235 g/mol. The van der Waals surface area contributed by atoms with Crippen LogP contribution in [0.2, 0.25) is 0 Å². The Morgan fingerprint density at radius 2 is 1.88 bits per heavy atom. The number of aliphatic hydroxyl groups is 1. The lowest BCUT2D eigenvalue weighted by Crippen LogP contribution is -2.30. The van der Waals surface area contributed by atoms with Crippen LogP contribution in [-0.4, -0.2) is 18.2 Å². The smallest absolute Gasteiger partial charge is 0.0681 e. The highest BCUT2D eigenvalue weighted by atomic mass is 16.3. The molecule has 0 radical (unpaired) electrons. The minimum absolute atomic E-state index is 0.117. The number of aryl methyl sites for hydroxylation is 1. The molecule has 17 heavy (non-hydrogen) atoms. The molecule has 1 N–H and O–H groups in total. The van der Waals surface area contributed by atoms with Crippen LogP contribution in [0, 0.1) is 12.8 Å². The van der Waals surface area contributed by atoms with Crippen LogP contribution in [0.1, 0.15) is 38.3 Å². The second-order valence-corrected chi connectivity index (χ2v) is 5.37. The van der Waals surface area contributed by atoms with Gasteiger partial charge in [-0.3, -0.25) is 0 Å². The van der Waals surface area contributed by atoms with Crippen molar-refractivity contribution in [1.29, 1.82) is 0 Å². The van der Waals surface area contributed by atoms with Crippen LogP contribution in [-0.2, 0) is 6.61 Å². The quantitative estimate of drug-likeness (QED) is 0.846. The zero-order valence-electron chi connectivity index (χ0n) is 11.7. The van der Waals surface area contributed by atoms with Gasteiger partial charge in [-0.2, -0.15) is 0 Å². The number of benzene rings is 1. The molecule has 0 amide bonds. The molecule has 96 valence electrons. The molecular weight excluding hydrogens is 210 g/mol. The highest BCUT2D eigenvalue weighted by Crippen LogP contribution is 2.24. The molecule has 1 aromatic rings. The van der Waals surface area contributed by atoms with Gasteiger partial charge in [0.15, 0.2) is 0 Å². The molecule has 2 nitrogen and oxygen atoms in total. The third-order valence-corrected chi connectivity index (χ3v) is 3.30. The SMILES string of the molecule is Cc1cc(CO)ccc1N(C)C(C)CC(C)C. The molecule has 1 unspecified atom stereocenters. The Morgan fingerprint density at radius 1 is 1.24 bits per heavy atom. The van der Waals surface area contributed by atoms with E-state index in [1.54, 1.807) is 0 Å². The lowest BCUT2D eigenvalue weighted by molar-refractivity contribution is 0.282. The second-order valence-electron chi connectivity index (χ2n) is 5.37. The minimum atomic E-state index is 0.117. The van der Waals surface area contributed by atoms with Crippen molar-refractivity contribution in [2.24, 2.45) is 5.92 Å². The summed E-state index contributed by atoms with van der Waals surface area (Å²) in [6, 6.07) is 6.71. The molecule has 0 aliphatic heterocycles. The predicted octanol–water partition coefficient (Wildman–Crippen LogP) is 3.36. The fourth-order valence-electron chi connectivity index (χ4n) is 2.29. The first-order valence-electron chi connectivity index (χ1n) is 6.39. The van der Waals surface area contributed by atoms with Gasteiger partial charge in [-0.05, 0) is 43.4 Å². The van der Waals surface area contributed by atoms with Crippen LogP contribution in [0.15, 0.2) is 18.2 Å². The van der Waals surface area contributed by atoms with Gasteiger partial charge in [0.05, 0.1) is 6.61 Å². The van der Waals surface area contributed by atoms with Gasteiger partial charge in [-0.1, -0.05) is 26.0 Å². The molecule has 1 atom stereocenters. The van der Waals surface area contributed by atoms with Gasteiger partial charge in [-0.25, -0.2) is 0 Å². The topological polar surface area (TPSA) is 23.5 Å². The van der Waals surface area contributed by atoms with Crippen LogP contribution in [0.4, 0.5) is 5.69 Å². The maximum Gasteiger partial charge on any atom is 0.0681 e. The summed E-state index contributed by atoms with van der Waals surface area (Å²) in [7, 11) is 2.15. The molecule has 0 saturated carbocycles. The summed E-state index contributed by atoms with van der Waals surface area (Å²) in [5.74, 6) is 0.712. The number of aliphatic hydroxyl groups excluding tert-OH is 1. The van der Waals surface area contributed by atoms with Crippen molar-refractivity contribution in [3.63, 3.8) is 0 Å². The summed E-state index contributed by atoms with van der Waals surface area (Å²) < 4.78 is 0. The highest BCUT2D eigenvalue weighted by molar-refractivity contribution is 5.54. The van der Waals surface area contributed by atoms with E-state index in [0.29, 0.717) is 12.0 Å². The Balaban J connectivity index is 2.84. The lowest BCUT2D eigenvalue weighted by atomic mass is 10.0. The zero-order valence-corrected chi connectivity index (χ0v) is 11.7. The zero-order chi connectivity index (χ0) is 13.0. The molecule has 0 aliphatic carbocycles. The lowest BCUT2D eigenvalue weighted by Gasteiger charge is -2.30. The van der Waals surface area contributed by atoms with E-state index in [1.165, 1.54) is 17.7 Å². The van der Waals surface area contributed by atoms with Crippen molar-refractivity contribution in [1.82, 2.24) is 0 Å². The molecule has 0 heterocycles. The first kappa shape index (κ1) is 14.0. The molecule has 0 bridgehead atoms. The Bertz CT molecular complexity index is 360. The van der Waals surface area contributed by atoms with Gasteiger partial charge in [-0.15, -0.1) is 0 Å². The highest BCUT2D eigenvalue weighted by Gasteiger charge is 2.13. The molecule has 0 aliphatic rings. The summed E-state index contributed by atoms with van der Waals surface area (Å²) in [6.07, 6.45) is 1.19. The fraction of sp³-hybridized carbons (Fsp3) is 0.600. The van der Waals surface area contributed by atoms with Crippen molar-refractivity contribution in [3.8, 4) is 0 Å². The number of hydrogen-bond acceptors (Lipinski definition) is 2. The van der Waals surface area contributed by atoms with Gasteiger partial charge < -0.3 is 10.0 Å². The van der Waals surface area contributed by atoms with Crippen molar-refractivity contribution in [2.75, 3.05) is 11.9 Å². The van der Waals surface area contributed by atoms with Crippen LogP contribution in [0.25, 0.3) is 0 Å². The minimum Gasteiger partial charge on any atom is -0.392 e.